The minimum atomic E-state index is -0.585. The number of rotatable bonds is 6. The fourth-order valence-electron chi connectivity index (χ4n) is 2.53. The summed E-state index contributed by atoms with van der Waals surface area (Å²) in [6.07, 6.45) is 0. The molecule has 0 aliphatic heterocycles. The zero-order valence-corrected chi connectivity index (χ0v) is 15.4. The Balaban J connectivity index is 1.62. The van der Waals surface area contributed by atoms with E-state index < -0.39 is 5.95 Å². The average molecular weight is 396 g/mol. The number of nitrogens with one attached hydrogen (secondary N) is 2. The smallest absolute Gasteiger partial charge is 0.219 e. The van der Waals surface area contributed by atoms with Gasteiger partial charge in [0.05, 0.1) is 5.52 Å². The average Bonchev–Trinajstić information content (AvgIpc) is 2.94. The van der Waals surface area contributed by atoms with Gasteiger partial charge in [-0.15, -0.1) is 0 Å². The number of carbonyl (C=O) groups excluding carboxylic acids is 1. The fraction of sp³-hybridized carbons (Fsp3) is 0.235. The van der Waals surface area contributed by atoms with E-state index in [1.54, 1.807) is 29.2 Å². The Morgan fingerprint density at radius 1 is 1.23 bits per heavy atom. The van der Waals surface area contributed by atoms with Crippen molar-refractivity contribution in [2.45, 2.75) is 13.5 Å². The van der Waals surface area contributed by atoms with E-state index in [0.29, 0.717) is 46.8 Å². The molecule has 3 rings (SSSR count). The second-order valence-corrected chi connectivity index (χ2v) is 6.61. The number of hydrogen-bond donors (Lipinski definition) is 2. The minimum Gasteiger partial charge on any atom is -0.354 e. The van der Waals surface area contributed by atoms with E-state index in [1.165, 1.54) is 13.0 Å². The first kappa shape index (κ1) is 18.4. The van der Waals surface area contributed by atoms with E-state index in [9.17, 15) is 9.18 Å². The van der Waals surface area contributed by atoms with Crippen LogP contribution in [0.15, 0.2) is 30.3 Å². The maximum absolute atomic E-state index is 13.1. The molecule has 0 unspecified atom stereocenters. The summed E-state index contributed by atoms with van der Waals surface area (Å²) in [6.45, 7) is 2.79. The molecule has 0 fully saturated rings. The lowest BCUT2D eigenvalue weighted by Gasteiger charge is -2.21. The molecular weight excluding hydrogens is 380 g/mol. The molecule has 0 bridgehead atoms. The highest BCUT2D eigenvalue weighted by Crippen LogP contribution is 2.20. The van der Waals surface area contributed by atoms with Crippen LogP contribution in [-0.4, -0.2) is 38.8 Å². The Morgan fingerprint density at radius 2 is 1.96 bits per heavy atom. The summed E-state index contributed by atoms with van der Waals surface area (Å²) in [5.41, 5.74) is 1.77. The second kappa shape index (κ2) is 7.88. The molecule has 0 spiro atoms. The quantitative estimate of drug-likeness (QED) is 0.621. The summed E-state index contributed by atoms with van der Waals surface area (Å²) >= 11 is 12.0. The molecule has 0 radical (unpaired) electrons. The number of aromatic nitrogens is 3. The summed E-state index contributed by atoms with van der Waals surface area (Å²) in [7, 11) is 0. The number of amides is 1. The molecule has 0 aliphatic carbocycles. The van der Waals surface area contributed by atoms with E-state index in [0.717, 1.165) is 5.56 Å². The van der Waals surface area contributed by atoms with E-state index in [4.69, 9.17) is 23.2 Å². The minimum absolute atomic E-state index is 0.0729. The van der Waals surface area contributed by atoms with Gasteiger partial charge in [-0.1, -0.05) is 23.2 Å². The van der Waals surface area contributed by atoms with Crippen LogP contribution < -0.4 is 5.32 Å². The van der Waals surface area contributed by atoms with Crippen LogP contribution in [0.25, 0.3) is 11.2 Å². The number of nitrogens with zero attached hydrogens (tertiary/aromatic N) is 3. The van der Waals surface area contributed by atoms with Crippen molar-refractivity contribution in [3.63, 3.8) is 0 Å². The van der Waals surface area contributed by atoms with Crippen molar-refractivity contribution < 1.29 is 9.18 Å². The van der Waals surface area contributed by atoms with Crippen LogP contribution in [0.1, 0.15) is 12.5 Å². The third-order valence-corrected chi connectivity index (χ3v) is 4.16. The highest BCUT2D eigenvalue weighted by Gasteiger charge is 2.11. The van der Waals surface area contributed by atoms with Crippen LogP contribution in [-0.2, 0) is 11.3 Å². The lowest BCUT2D eigenvalue weighted by atomic mass is 10.2. The van der Waals surface area contributed by atoms with Gasteiger partial charge in [0.15, 0.2) is 5.65 Å². The standard InChI is InChI=1S/C17H16Cl2FN5O/c1-10(26)25(9-11-6-12(18)8-13(19)7-11)5-4-21-17-22-14-2-3-15(20)23-16(14)24-17/h2-3,6-8H,4-5,9H2,1H3,(H2,21,22,23,24). The van der Waals surface area contributed by atoms with Gasteiger partial charge in [-0.3, -0.25) is 4.79 Å². The fourth-order valence-corrected chi connectivity index (χ4v) is 3.10. The SMILES string of the molecule is CC(=O)N(CCNc1nc2nc(F)ccc2[nH]1)Cc1cc(Cl)cc(Cl)c1. The molecule has 1 amide bonds. The van der Waals surface area contributed by atoms with Gasteiger partial charge in [-0.2, -0.15) is 14.4 Å². The van der Waals surface area contributed by atoms with E-state index in [-0.39, 0.29) is 5.91 Å². The highest BCUT2D eigenvalue weighted by atomic mass is 35.5. The Kier molecular flexibility index (Phi) is 5.58. The number of fused-ring (bicyclic) bond motifs is 1. The first-order valence-corrected chi connectivity index (χ1v) is 8.63. The summed E-state index contributed by atoms with van der Waals surface area (Å²) in [4.78, 5) is 24.4. The van der Waals surface area contributed by atoms with Crippen molar-refractivity contribution in [1.82, 2.24) is 19.9 Å². The number of halogens is 3. The van der Waals surface area contributed by atoms with Crippen molar-refractivity contribution in [1.29, 1.82) is 0 Å². The maximum Gasteiger partial charge on any atom is 0.219 e. The molecule has 136 valence electrons. The Labute approximate surface area is 159 Å². The van der Waals surface area contributed by atoms with Crippen molar-refractivity contribution in [3.8, 4) is 0 Å². The number of pyridine rings is 1. The van der Waals surface area contributed by atoms with Crippen LogP contribution in [0.5, 0.6) is 0 Å². The van der Waals surface area contributed by atoms with Crippen molar-refractivity contribution in [3.05, 3.63) is 51.9 Å². The molecule has 0 saturated carbocycles. The molecule has 0 aliphatic rings. The van der Waals surface area contributed by atoms with Crippen molar-refractivity contribution in [2.24, 2.45) is 0 Å². The lowest BCUT2D eigenvalue weighted by molar-refractivity contribution is -0.129. The van der Waals surface area contributed by atoms with Gasteiger partial charge < -0.3 is 15.2 Å². The summed E-state index contributed by atoms with van der Waals surface area (Å²) in [5, 5.41) is 4.12. The molecule has 3 aromatic rings. The van der Waals surface area contributed by atoms with Gasteiger partial charge in [-0.25, -0.2) is 0 Å². The van der Waals surface area contributed by atoms with Gasteiger partial charge in [0.1, 0.15) is 0 Å². The van der Waals surface area contributed by atoms with Crippen LogP contribution in [0, 0.1) is 5.95 Å². The van der Waals surface area contributed by atoms with Gasteiger partial charge in [0.2, 0.25) is 17.8 Å². The second-order valence-electron chi connectivity index (χ2n) is 5.74. The number of anilines is 1. The molecule has 2 heterocycles. The number of benzene rings is 1. The monoisotopic (exact) mass is 395 g/mol. The lowest BCUT2D eigenvalue weighted by Crippen LogP contribution is -2.32. The van der Waals surface area contributed by atoms with Crippen LogP contribution >= 0.6 is 23.2 Å². The molecular formula is C17H16Cl2FN5O. The zero-order chi connectivity index (χ0) is 18.7. The van der Waals surface area contributed by atoms with E-state index >= 15 is 0 Å². The van der Waals surface area contributed by atoms with Crippen LogP contribution in [0.4, 0.5) is 10.3 Å². The number of aromatic amines is 1. The van der Waals surface area contributed by atoms with Gasteiger partial charge in [0.25, 0.3) is 0 Å². The third kappa shape index (κ3) is 4.62. The van der Waals surface area contributed by atoms with Gasteiger partial charge in [0, 0.05) is 36.6 Å². The molecule has 0 atom stereocenters. The van der Waals surface area contributed by atoms with E-state index in [2.05, 4.69) is 20.3 Å². The maximum atomic E-state index is 13.1. The molecule has 2 N–H and O–H groups in total. The summed E-state index contributed by atoms with van der Waals surface area (Å²) in [5.74, 6) is -0.192. The Hall–Kier alpha value is -2.38. The molecule has 1 aromatic carbocycles. The topological polar surface area (TPSA) is 73.9 Å². The molecule has 26 heavy (non-hydrogen) atoms. The molecule has 9 heteroatoms. The molecule has 6 nitrogen and oxygen atoms in total. The van der Waals surface area contributed by atoms with Crippen LogP contribution in [0.3, 0.4) is 0 Å². The van der Waals surface area contributed by atoms with Gasteiger partial charge in [-0.05, 0) is 35.9 Å². The van der Waals surface area contributed by atoms with E-state index in [1.807, 2.05) is 0 Å². The number of H-pyrrole nitrogens is 1. The highest BCUT2D eigenvalue weighted by molar-refractivity contribution is 6.34. The normalized spacial score (nSPS) is 10.9. The zero-order valence-electron chi connectivity index (χ0n) is 13.9. The largest absolute Gasteiger partial charge is 0.354 e. The van der Waals surface area contributed by atoms with Crippen molar-refractivity contribution in [2.75, 3.05) is 18.4 Å². The number of imidazole rings is 1. The summed E-state index contributed by atoms with van der Waals surface area (Å²) in [6, 6.07) is 8.02. The third-order valence-electron chi connectivity index (χ3n) is 3.73. The molecule has 2 aromatic heterocycles. The van der Waals surface area contributed by atoms with Crippen molar-refractivity contribution >= 4 is 46.2 Å². The first-order valence-electron chi connectivity index (χ1n) is 7.87. The predicted octanol–water partition coefficient (Wildman–Crippen LogP) is 3.86. The first-order chi connectivity index (χ1) is 12.4. The predicted molar refractivity (Wildman–Crippen MR) is 99.9 cm³/mol. The van der Waals surface area contributed by atoms with Crippen LogP contribution in [0.2, 0.25) is 10.0 Å². The Morgan fingerprint density at radius 3 is 2.65 bits per heavy atom. The van der Waals surface area contributed by atoms with Gasteiger partial charge >= 0.3 is 0 Å². The summed E-state index contributed by atoms with van der Waals surface area (Å²) < 4.78 is 13.1. The number of hydrogen-bond acceptors (Lipinski definition) is 4. The number of carbonyl (C=O) groups is 1. The molecule has 0 saturated heterocycles. The Bertz CT molecular complexity index is 926.